The first-order valence-corrected chi connectivity index (χ1v) is 5.35. The maximum atomic E-state index is 9.88. The van der Waals surface area contributed by atoms with Crippen molar-refractivity contribution in [3.63, 3.8) is 0 Å². The second-order valence-corrected chi connectivity index (χ2v) is 4.29. The van der Waals surface area contributed by atoms with Crippen LogP contribution in [0, 0.1) is 0 Å². The van der Waals surface area contributed by atoms with Crippen LogP contribution in [0.25, 0.3) is 0 Å². The Morgan fingerprint density at radius 3 is 2.56 bits per heavy atom. The minimum Gasteiger partial charge on any atom is -0.441 e. The zero-order valence-electron chi connectivity index (χ0n) is 9.81. The molecule has 0 aliphatic rings. The van der Waals surface area contributed by atoms with Gasteiger partial charge in [0.25, 0.3) is 6.47 Å². The van der Waals surface area contributed by atoms with Crippen LogP contribution >= 0.6 is 0 Å². The van der Waals surface area contributed by atoms with Gasteiger partial charge in [0, 0.05) is 0 Å². The maximum absolute atomic E-state index is 9.88. The van der Waals surface area contributed by atoms with E-state index in [1.54, 1.807) is 0 Å². The van der Waals surface area contributed by atoms with Gasteiger partial charge in [-0.05, 0) is 17.4 Å². The SMILES string of the molecule is CC(C)(CCOCOC=O)c1ccccc1. The van der Waals surface area contributed by atoms with Gasteiger partial charge in [0.05, 0.1) is 6.61 Å². The van der Waals surface area contributed by atoms with Crippen molar-refractivity contribution in [2.75, 3.05) is 13.4 Å². The molecule has 0 saturated heterocycles. The molecule has 16 heavy (non-hydrogen) atoms. The molecule has 3 heteroatoms. The Morgan fingerprint density at radius 1 is 1.25 bits per heavy atom. The van der Waals surface area contributed by atoms with Crippen molar-refractivity contribution in [2.24, 2.45) is 0 Å². The van der Waals surface area contributed by atoms with Crippen LogP contribution in [-0.4, -0.2) is 19.9 Å². The highest BCUT2D eigenvalue weighted by Gasteiger charge is 2.19. The Kier molecular flexibility index (Phi) is 4.99. The van der Waals surface area contributed by atoms with Crippen LogP contribution in [0.5, 0.6) is 0 Å². The lowest BCUT2D eigenvalue weighted by atomic mass is 9.82. The summed E-state index contributed by atoms with van der Waals surface area (Å²) in [6.07, 6.45) is 0.888. The summed E-state index contributed by atoms with van der Waals surface area (Å²) < 4.78 is 9.63. The molecule has 3 nitrogen and oxygen atoms in total. The van der Waals surface area contributed by atoms with Crippen LogP contribution in [0.1, 0.15) is 25.8 Å². The number of benzene rings is 1. The number of hydrogen-bond donors (Lipinski definition) is 0. The zero-order chi connectivity index (χ0) is 11.9. The quantitative estimate of drug-likeness (QED) is 0.404. The van der Waals surface area contributed by atoms with Crippen LogP contribution < -0.4 is 0 Å². The summed E-state index contributed by atoms with van der Waals surface area (Å²) in [7, 11) is 0. The van der Waals surface area contributed by atoms with Crippen LogP contribution in [0.3, 0.4) is 0 Å². The summed E-state index contributed by atoms with van der Waals surface area (Å²) >= 11 is 0. The summed E-state index contributed by atoms with van der Waals surface area (Å²) in [6, 6.07) is 10.3. The molecule has 0 fully saturated rings. The molecule has 0 N–H and O–H groups in total. The summed E-state index contributed by atoms with van der Waals surface area (Å²) in [5, 5.41) is 0. The van der Waals surface area contributed by atoms with E-state index in [4.69, 9.17) is 4.74 Å². The van der Waals surface area contributed by atoms with Crippen molar-refractivity contribution in [1.29, 1.82) is 0 Å². The predicted octanol–water partition coefficient (Wildman–Crippen LogP) is 2.50. The molecule has 0 spiro atoms. The van der Waals surface area contributed by atoms with Gasteiger partial charge < -0.3 is 9.47 Å². The van der Waals surface area contributed by atoms with Crippen molar-refractivity contribution in [3.8, 4) is 0 Å². The molecule has 0 atom stereocenters. The molecular formula is C13H18O3. The van der Waals surface area contributed by atoms with Gasteiger partial charge in [-0.1, -0.05) is 44.2 Å². The summed E-state index contributed by atoms with van der Waals surface area (Å²) in [5.41, 5.74) is 1.36. The highest BCUT2D eigenvalue weighted by molar-refractivity contribution is 5.36. The van der Waals surface area contributed by atoms with Gasteiger partial charge in [-0.3, -0.25) is 4.79 Å². The Bertz CT molecular complexity index is 306. The molecule has 0 radical (unpaired) electrons. The molecule has 0 aromatic heterocycles. The Hall–Kier alpha value is -1.35. The van der Waals surface area contributed by atoms with Crippen molar-refractivity contribution in [2.45, 2.75) is 25.7 Å². The van der Waals surface area contributed by atoms with Gasteiger partial charge in [-0.15, -0.1) is 0 Å². The third-order valence-corrected chi connectivity index (χ3v) is 2.65. The number of carbonyl (C=O) groups is 1. The third-order valence-electron chi connectivity index (χ3n) is 2.65. The van der Waals surface area contributed by atoms with E-state index in [1.807, 2.05) is 18.2 Å². The fourth-order valence-electron chi connectivity index (χ4n) is 1.50. The second-order valence-electron chi connectivity index (χ2n) is 4.29. The molecule has 1 aromatic rings. The van der Waals surface area contributed by atoms with Crippen LogP contribution in [0.15, 0.2) is 30.3 Å². The van der Waals surface area contributed by atoms with E-state index in [1.165, 1.54) is 5.56 Å². The van der Waals surface area contributed by atoms with E-state index in [2.05, 4.69) is 30.7 Å². The van der Waals surface area contributed by atoms with E-state index in [0.717, 1.165) is 6.42 Å². The molecule has 0 saturated carbocycles. The molecule has 88 valence electrons. The molecule has 0 bridgehead atoms. The summed E-state index contributed by atoms with van der Waals surface area (Å²) in [4.78, 5) is 9.88. The van der Waals surface area contributed by atoms with E-state index in [0.29, 0.717) is 13.1 Å². The third kappa shape index (κ3) is 4.03. The molecule has 1 aromatic carbocycles. The number of hydrogen-bond acceptors (Lipinski definition) is 3. The highest BCUT2D eigenvalue weighted by atomic mass is 16.7. The van der Waals surface area contributed by atoms with Gasteiger partial charge in [0.1, 0.15) is 0 Å². The van der Waals surface area contributed by atoms with E-state index >= 15 is 0 Å². The van der Waals surface area contributed by atoms with Crippen LogP contribution in [0.4, 0.5) is 0 Å². The lowest BCUT2D eigenvalue weighted by Gasteiger charge is -2.24. The fourth-order valence-corrected chi connectivity index (χ4v) is 1.50. The highest BCUT2D eigenvalue weighted by Crippen LogP contribution is 2.26. The second kappa shape index (κ2) is 6.28. The van der Waals surface area contributed by atoms with Crippen molar-refractivity contribution in [1.82, 2.24) is 0 Å². The molecule has 0 aliphatic carbocycles. The normalized spacial score (nSPS) is 11.1. The largest absolute Gasteiger partial charge is 0.441 e. The minimum atomic E-state index is 0.0361. The molecule has 0 unspecified atom stereocenters. The first-order chi connectivity index (χ1) is 7.67. The topological polar surface area (TPSA) is 35.5 Å². The molecule has 0 heterocycles. The Balaban J connectivity index is 2.37. The molecule has 1 rings (SSSR count). The van der Waals surface area contributed by atoms with Crippen molar-refractivity contribution < 1.29 is 14.3 Å². The van der Waals surface area contributed by atoms with Crippen LogP contribution in [-0.2, 0) is 19.7 Å². The lowest BCUT2D eigenvalue weighted by Crippen LogP contribution is -2.20. The van der Waals surface area contributed by atoms with Gasteiger partial charge >= 0.3 is 0 Å². The predicted molar refractivity (Wildman–Crippen MR) is 62.1 cm³/mol. The maximum Gasteiger partial charge on any atom is 0.295 e. The molecule has 0 aliphatic heterocycles. The number of ether oxygens (including phenoxy) is 2. The Labute approximate surface area is 96.4 Å². The molecular weight excluding hydrogens is 204 g/mol. The number of carbonyl (C=O) groups excluding carboxylic acids is 1. The summed E-state index contributed by atoms with van der Waals surface area (Å²) in [6.45, 7) is 5.35. The van der Waals surface area contributed by atoms with Crippen molar-refractivity contribution >= 4 is 6.47 Å². The fraction of sp³-hybridized carbons (Fsp3) is 0.462. The van der Waals surface area contributed by atoms with Gasteiger partial charge in [0.15, 0.2) is 6.79 Å². The first kappa shape index (κ1) is 12.7. The monoisotopic (exact) mass is 222 g/mol. The Morgan fingerprint density at radius 2 is 1.94 bits per heavy atom. The molecule has 0 amide bonds. The lowest BCUT2D eigenvalue weighted by molar-refractivity contribution is -0.140. The van der Waals surface area contributed by atoms with Gasteiger partial charge in [-0.25, -0.2) is 0 Å². The minimum absolute atomic E-state index is 0.0361. The summed E-state index contributed by atoms with van der Waals surface area (Å²) in [5.74, 6) is 0. The zero-order valence-corrected chi connectivity index (χ0v) is 9.81. The first-order valence-electron chi connectivity index (χ1n) is 5.35. The van der Waals surface area contributed by atoms with E-state index < -0.39 is 0 Å². The van der Waals surface area contributed by atoms with E-state index in [-0.39, 0.29) is 12.2 Å². The van der Waals surface area contributed by atoms with Gasteiger partial charge in [-0.2, -0.15) is 0 Å². The smallest absolute Gasteiger partial charge is 0.295 e. The average molecular weight is 222 g/mol. The van der Waals surface area contributed by atoms with Crippen molar-refractivity contribution in [3.05, 3.63) is 35.9 Å². The standard InChI is InChI=1S/C13H18O3/c1-13(2,8-9-15-11-16-10-14)12-6-4-3-5-7-12/h3-7,10H,8-9,11H2,1-2H3. The van der Waals surface area contributed by atoms with Crippen LogP contribution in [0.2, 0.25) is 0 Å². The average Bonchev–Trinajstić information content (AvgIpc) is 2.30. The van der Waals surface area contributed by atoms with E-state index in [9.17, 15) is 4.79 Å². The van der Waals surface area contributed by atoms with Gasteiger partial charge in [0.2, 0.25) is 0 Å². The number of rotatable bonds is 7.